The molecule has 3 aliphatic rings. The smallest absolute Gasteiger partial charge is 0.241 e. The Morgan fingerprint density at radius 3 is 2.71 bits per heavy atom. The van der Waals surface area contributed by atoms with Crippen molar-refractivity contribution < 1.29 is 19.1 Å². The van der Waals surface area contributed by atoms with Gasteiger partial charge in [-0.15, -0.1) is 0 Å². The van der Waals surface area contributed by atoms with Crippen molar-refractivity contribution in [2.24, 2.45) is 11.8 Å². The number of hydrogen-bond donors (Lipinski definition) is 0. The molecular formula is C16H15NO4. The fourth-order valence-electron chi connectivity index (χ4n) is 3.70. The van der Waals surface area contributed by atoms with Crippen LogP contribution in [0.25, 0.3) is 0 Å². The van der Waals surface area contributed by atoms with Crippen molar-refractivity contribution in [3.05, 3.63) is 36.4 Å². The summed E-state index contributed by atoms with van der Waals surface area (Å²) in [5.74, 6) is -0.746. The second kappa shape index (κ2) is 3.95. The van der Waals surface area contributed by atoms with Crippen LogP contribution in [-0.2, 0) is 14.3 Å². The minimum absolute atomic E-state index is 0.201. The summed E-state index contributed by atoms with van der Waals surface area (Å²) >= 11 is 0. The lowest BCUT2D eigenvalue weighted by Crippen LogP contribution is -2.38. The summed E-state index contributed by atoms with van der Waals surface area (Å²) in [4.78, 5) is 26.8. The highest BCUT2D eigenvalue weighted by atomic mass is 16.5. The van der Waals surface area contributed by atoms with Gasteiger partial charge in [-0.1, -0.05) is 24.3 Å². The average Bonchev–Trinajstić information content (AvgIpc) is 3.08. The number of anilines is 1. The van der Waals surface area contributed by atoms with Gasteiger partial charge in [-0.25, -0.2) is 4.90 Å². The van der Waals surface area contributed by atoms with Gasteiger partial charge in [0.2, 0.25) is 11.8 Å². The first kappa shape index (κ1) is 12.6. The van der Waals surface area contributed by atoms with Crippen LogP contribution in [0, 0.1) is 11.8 Å². The molecule has 3 heterocycles. The molecule has 108 valence electrons. The highest BCUT2D eigenvalue weighted by molar-refractivity contribution is 6.23. The molecule has 2 fully saturated rings. The first-order valence-corrected chi connectivity index (χ1v) is 6.95. The molecule has 2 bridgehead atoms. The maximum atomic E-state index is 12.8. The van der Waals surface area contributed by atoms with Gasteiger partial charge in [-0.05, 0) is 19.1 Å². The topological polar surface area (TPSA) is 55.8 Å². The number of ether oxygens (including phenoxy) is 2. The van der Waals surface area contributed by atoms with Crippen LogP contribution >= 0.6 is 0 Å². The number of carbonyl (C=O) groups is 2. The molecule has 0 aliphatic carbocycles. The molecule has 4 unspecified atom stereocenters. The van der Waals surface area contributed by atoms with E-state index in [0.717, 1.165) is 0 Å². The highest BCUT2D eigenvalue weighted by Crippen LogP contribution is 2.52. The molecule has 0 aromatic heterocycles. The zero-order valence-corrected chi connectivity index (χ0v) is 11.8. The van der Waals surface area contributed by atoms with Crippen molar-refractivity contribution in [1.82, 2.24) is 0 Å². The van der Waals surface area contributed by atoms with E-state index in [1.54, 1.807) is 18.2 Å². The summed E-state index contributed by atoms with van der Waals surface area (Å²) in [5.41, 5.74) is -0.161. The van der Waals surface area contributed by atoms with Crippen LogP contribution in [-0.4, -0.2) is 30.6 Å². The number of hydrogen-bond acceptors (Lipinski definition) is 4. The molecule has 2 amide bonds. The summed E-state index contributed by atoms with van der Waals surface area (Å²) in [6, 6.07) is 7.07. The first-order valence-electron chi connectivity index (χ1n) is 6.95. The second-order valence-corrected chi connectivity index (χ2v) is 5.81. The van der Waals surface area contributed by atoms with E-state index < -0.39 is 17.4 Å². The van der Waals surface area contributed by atoms with Crippen LogP contribution in [0.3, 0.4) is 0 Å². The van der Waals surface area contributed by atoms with Crippen molar-refractivity contribution in [1.29, 1.82) is 0 Å². The van der Waals surface area contributed by atoms with E-state index in [4.69, 9.17) is 9.47 Å². The van der Waals surface area contributed by atoms with Gasteiger partial charge in [0.1, 0.15) is 5.75 Å². The van der Waals surface area contributed by atoms with E-state index in [-0.39, 0.29) is 17.9 Å². The molecule has 3 aliphatic heterocycles. The Morgan fingerprint density at radius 1 is 1.24 bits per heavy atom. The number of methoxy groups -OCH3 is 1. The van der Waals surface area contributed by atoms with Crippen molar-refractivity contribution >= 4 is 17.5 Å². The lowest BCUT2D eigenvalue weighted by Gasteiger charge is -2.24. The van der Waals surface area contributed by atoms with Crippen molar-refractivity contribution in [2.75, 3.05) is 12.0 Å². The number of imide groups is 1. The van der Waals surface area contributed by atoms with Crippen LogP contribution in [0.15, 0.2) is 36.4 Å². The predicted octanol–water partition coefficient (Wildman–Crippen LogP) is 1.53. The van der Waals surface area contributed by atoms with Crippen LogP contribution in [0.4, 0.5) is 5.69 Å². The fraction of sp³-hybridized carbons (Fsp3) is 0.375. The lowest BCUT2D eigenvalue weighted by molar-refractivity contribution is -0.126. The Bertz CT molecular complexity index is 683. The Hall–Kier alpha value is -2.14. The summed E-state index contributed by atoms with van der Waals surface area (Å²) in [6.07, 6.45) is 3.49. The maximum absolute atomic E-state index is 12.8. The molecule has 0 spiro atoms. The molecule has 5 nitrogen and oxygen atoms in total. The van der Waals surface area contributed by atoms with Gasteiger partial charge < -0.3 is 9.47 Å². The van der Waals surface area contributed by atoms with Crippen LogP contribution < -0.4 is 9.64 Å². The van der Waals surface area contributed by atoms with Crippen LogP contribution in [0.2, 0.25) is 0 Å². The largest absolute Gasteiger partial charge is 0.495 e. The molecule has 21 heavy (non-hydrogen) atoms. The molecule has 0 N–H and O–H groups in total. The number of para-hydroxylation sites is 2. The van der Waals surface area contributed by atoms with Gasteiger partial charge in [0, 0.05) is 0 Å². The molecule has 4 rings (SSSR count). The number of amides is 2. The van der Waals surface area contributed by atoms with E-state index in [2.05, 4.69) is 0 Å². The minimum atomic E-state index is -0.668. The zero-order valence-electron chi connectivity index (χ0n) is 11.8. The average molecular weight is 285 g/mol. The summed E-state index contributed by atoms with van der Waals surface area (Å²) in [5, 5.41) is 0. The number of fused-ring (bicyclic) bond motifs is 5. The van der Waals surface area contributed by atoms with E-state index in [1.165, 1.54) is 12.0 Å². The fourth-order valence-corrected chi connectivity index (χ4v) is 3.70. The van der Waals surface area contributed by atoms with Gasteiger partial charge in [-0.3, -0.25) is 9.59 Å². The van der Waals surface area contributed by atoms with Crippen LogP contribution in [0.5, 0.6) is 5.75 Å². The van der Waals surface area contributed by atoms with Gasteiger partial charge in [0.15, 0.2) is 0 Å². The normalized spacial score (nSPS) is 36.5. The molecule has 2 saturated heterocycles. The Labute approximate surface area is 122 Å². The van der Waals surface area contributed by atoms with Gasteiger partial charge in [0.25, 0.3) is 0 Å². The van der Waals surface area contributed by atoms with Gasteiger partial charge in [-0.2, -0.15) is 0 Å². The quantitative estimate of drug-likeness (QED) is 0.611. The number of carbonyl (C=O) groups excluding carboxylic acids is 2. The number of benzene rings is 1. The van der Waals surface area contributed by atoms with E-state index in [0.29, 0.717) is 11.4 Å². The number of rotatable bonds is 2. The molecule has 0 radical (unpaired) electrons. The van der Waals surface area contributed by atoms with E-state index in [9.17, 15) is 9.59 Å². The third-order valence-electron chi connectivity index (χ3n) is 4.66. The van der Waals surface area contributed by atoms with E-state index in [1.807, 2.05) is 25.1 Å². The Kier molecular flexibility index (Phi) is 2.37. The third-order valence-corrected chi connectivity index (χ3v) is 4.66. The lowest BCUT2D eigenvalue weighted by atomic mass is 9.78. The molecule has 5 heteroatoms. The predicted molar refractivity (Wildman–Crippen MR) is 74.9 cm³/mol. The molecule has 4 atom stereocenters. The number of nitrogens with zero attached hydrogens (tertiary/aromatic N) is 1. The second-order valence-electron chi connectivity index (χ2n) is 5.81. The van der Waals surface area contributed by atoms with Crippen molar-refractivity contribution in [2.45, 2.75) is 18.6 Å². The highest BCUT2D eigenvalue weighted by Gasteiger charge is 2.66. The minimum Gasteiger partial charge on any atom is -0.495 e. The van der Waals surface area contributed by atoms with Gasteiger partial charge in [0.05, 0.1) is 36.3 Å². The van der Waals surface area contributed by atoms with Gasteiger partial charge >= 0.3 is 0 Å². The summed E-state index contributed by atoms with van der Waals surface area (Å²) < 4.78 is 11.1. The molecule has 0 saturated carbocycles. The summed E-state index contributed by atoms with van der Waals surface area (Å²) in [7, 11) is 1.53. The first-order chi connectivity index (χ1) is 10.1. The molecule has 1 aromatic carbocycles. The SMILES string of the molecule is COc1ccccc1N1C(=O)C2C3C=CC(C)(O3)C2C1=O. The Balaban J connectivity index is 1.80. The Morgan fingerprint density at radius 2 is 2.00 bits per heavy atom. The maximum Gasteiger partial charge on any atom is 0.241 e. The molecular weight excluding hydrogens is 270 g/mol. The van der Waals surface area contributed by atoms with Crippen LogP contribution in [0.1, 0.15) is 6.92 Å². The molecule has 1 aromatic rings. The summed E-state index contributed by atoms with van der Waals surface area (Å²) in [6.45, 7) is 1.87. The van der Waals surface area contributed by atoms with Crippen molar-refractivity contribution in [3.8, 4) is 5.75 Å². The van der Waals surface area contributed by atoms with E-state index >= 15 is 0 Å². The standard InChI is InChI=1S/C16H15NO4/c1-16-8-7-11(21-16)12-13(16)15(19)17(14(12)18)9-5-3-4-6-10(9)20-2/h3-8,11-13H,1-2H3. The monoisotopic (exact) mass is 285 g/mol. The third kappa shape index (κ3) is 1.44. The zero-order chi connectivity index (χ0) is 14.8. The van der Waals surface area contributed by atoms with Crippen molar-refractivity contribution in [3.63, 3.8) is 0 Å².